The highest BCUT2D eigenvalue weighted by Crippen LogP contribution is 2.28. The van der Waals surface area contributed by atoms with Crippen molar-refractivity contribution in [3.63, 3.8) is 0 Å². The van der Waals surface area contributed by atoms with Crippen LogP contribution in [0.2, 0.25) is 0 Å². The minimum absolute atomic E-state index is 0.0162. The van der Waals surface area contributed by atoms with Crippen molar-refractivity contribution in [3.05, 3.63) is 23.8 Å². The fourth-order valence-corrected chi connectivity index (χ4v) is 2.96. The number of carbonyl (C=O) groups is 1. The first-order valence-corrected chi connectivity index (χ1v) is 7.39. The number of para-hydroxylation sites is 1. The maximum Gasteiger partial charge on any atom is 0.257 e. The zero-order chi connectivity index (χ0) is 15.4. The second-order valence-electron chi connectivity index (χ2n) is 5.93. The number of methoxy groups -OCH3 is 1. The van der Waals surface area contributed by atoms with Crippen molar-refractivity contribution in [2.45, 2.75) is 12.8 Å². The summed E-state index contributed by atoms with van der Waals surface area (Å²) in [5.74, 6) is 1.17. The number of nitrogens with zero attached hydrogens (tertiary/aromatic N) is 2. The average molecular weight is 291 g/mol. The highest BCUT2D eigenvalue weighted by atomic mass is 16.5. The van der Waals surface area contributed by atoms with Crippen molar-refractivity contribution in [2.75, 3.05) is 46.6 Å². The van der Waals surface area contributed by atoms with Crippen molar-refractivity contribution in [1.29, 1.82) is 0 Å². The fourth-order valence-electron chi connectivity index (χ4n) is 2.96. The van der Waals surface area contributed by atoms with E-state index >= 15 is 0 Å². The molecule has 5 heteroatoms. The van der Waals surface area contributed by atoms with Crippen LogP contribution in [0.3, 0.4) is 0 Å². The van der Waals surface area contributed by atoms with Gasteiger partial charge < -0.3 is 20.3 Å². The number of rotatable bonds is 4. The molecule has 0 aliphatic carbocycles. The van der Waals surface area contributed by atoms with E-state index in [1.165, 1.54) is 0 Å². The lowest BCUT2D eigenvalue weighted by atomic mass is 9.96. The van der Waals surface area contributed by atoms with E-state index in [-0.39, 0.29) is 5.91 Å². The predicted molar refractivity (Wildman–Crippen MR) is 84.6 cm³/mol. The first-order chi connectivity index (χ1) is 10.0. The average Bonchev–Trinajstić information content (AvgIpc) is 2.46. The van der Waals surface area contributed by atoms with Crippen LogP contribution in [0, 0.1) is 5.92 Å². The quantitative estimate of drug-likeness (QED) is 0.858. The van der Waals surface area contributed by atoms with Crippen molar-refractivity contribution in [3.8, 4) is 5.75 Å². The molecule has 2 rings (SSSR count). The molecule has 0 saturated carbocycles. The minimum Gasteiger partial charge on any atom is -0.494 e. The summed E-state index contributed by atoms with van der Waals surface area (Å²) in [5, 5.41) is 0. The Morgan fingerprint density at radius 2 is 2.05 bits per heavy atom. The molecule has 1 aliphatic rings. The SMILES string of the molecule is COc1c(N)cccc1C(=O)N1CCC(CN(C)C)CC1. The highest BCUT2D eigenvalue weighted by molar-refractivity contribution is 5.98. The van der Waals surface area contributed by atoms with E-state index in [2.05, 4.69) is 19.0 Å². The summed E-state index contributed by atoms with van der Waals surface area (Å²) in [4.78, 5) is 16.8. The molecule has 0 spiro atoms. The van der Waals surface area contributed by atoms with E-state index in [4.69, 9.17) is 10.5 Å². The molecule has 2 N–H and O–H groups in total. The lowest BCUT2D eigenvalue weighted by molar-refractivity contribution is 0.0675. The molecule has 1 aliphatic heterocycles. The van der Waals surface area contributed by atoms with Gasteiger partial charge in [0.15, 0.2) is 5.75 Å². The summed E-state index contributed by atoms with van der Waals surface area (Å²) in [5.41, 5.74) is 6.94. The number of hydrogen-bond acceptors (Lipinski definition) is 4. The molecule has 0 bridgehead atoms. The zero-order valence-corrected chi connectivity index (χ0v) is 13.1. The van der Waals surface area contributed by atoms with E-state index in [1.807, 2.05) is 4.90 Å². The molecular formula is C16H25N3O2. The molecule has 0 unspecified atom stereocenters. The molecule has 0 aromatic heterocycles. The van der Waals surface area contributed by atoms with Gasteiger partial charge in [-0.25, -0.2) is 0 Å². The number of amides is 1. The maximum atomic E-state index is 12.6. The topological polar surface area (TPSA) is 58.8 Å². The summed E-state index contributed by atoms with van der Waals surface area (Å²) >= 11 is 0. The van der Waals surface area contributed by atoms with Crippen molar-refractivity contribution >= 4 is 11.6 Å². The number of hydrogen-bond donors (Lipinski definition) is 1. The van der Waals surface area contributed by atoms with Gasteiger partial charge in [-0.15, -0.1) is 0 Å². The third-order valence-electron chi connectivity index (χ3n) is 4.01. The lowest BCUT2D eigenvalue weighted by Crippen LogP contribution is -2.40. The fraction of sp³-hybridized carbons (Fsp3) is 0.562. The van der Waals surface area contributed by atoms with Gasteiger partial charge >= 0.3 is 0 Å². The number of anilines is 1. The molecule has 1 amide bonds. The lowest BCUT2D eigenvalue weighted by Gasteiger charge is -2.33. The molecule has 1 saturated heterocycles. The molecule has 21 heavy (non-hydrogen) atoms. The molecule has 1 fully saturated rings. The molecule has 1 aromatic rings. The van der Waals surface area contributed by atoms with Crippen LogP contribution >= 0.6 is 0 Å². The van der Waals surface area contributed by atoms with Gasteiger partial charge in [0.05, 0.1) is 18.4 Å². The monoisotopic (exact) mass is 291 g/mol. The number of likely N-dealkylation sites (tertiary alicyclic amines) is 1. The van der Waals surface area contributed by atoms with Gasteiger partial charge in [0.2, 0.25) is 0 Å². The van der Waals surface area contributed by atoms with Gasteiger partial charge in [-0.1, -0.05) is 6.07 Å². The van der Waals surface area contributed by atoms with Crippen LogP contribution in [0.4, 0.5) is 5.69 Å². The van der Waals surface area contributed by atoms with Crippen LogP contribution < -0.4 is 10.5 Å². The number of ether oxygens (including phenoxy) is 1. The van der Waals surface area contributed by atoms with Crippen LogP contribution in [0.15, 0.2) is 18.2 Å². The zero-order valence-electron chi connectivity index (χ0n) is 13.1. The van der Waals surface area contributed by atoms with E-state index in [0.29, 0.717) is 22.9 Å². The van der Waals surface area contributed by atoms with E-state index in [0.717, 1.165) is 32.5 Å². The van der Waals surface area contributed by atoms with Gasteiger partial charge in [-0.3, -0.25) is 4.79 Å². The number of carbonyl (C=O) groups excluding carboxylic acids is 1. The Morgan fingerprint density at radius 3 is 2.62 bits per heavy atom. The summed E-state index contributed by atoms with van der Waals surface area (Å²) in [7, 11) is 5.73. The van der Waals surface area contributed by atoms with E-state index in [9.17, 15) is 4.79 Å². The van der Waals surface area contributed by atoms with Crippen LogP contribution in [0.5, 0.6) is 5.75 Å². The van der Waals surface area contributed by atoms with Gasteiger partial charge in [0.1, 0.15) is 0 Å². The van der Waals surface area contributed by atoms with Crippen molar-refractivity contribution in [2.24, 2.45) is 5.92 Å². The summed E-state index contributed by atoms with van der Waals surface area (Å²) in [6, 6.07) is 5.33. The Balaban J connectivity index is 2.04. The largest absolute Gasteiger partial charge is 0.494 e. The maximum absolute atomic E-state index is 12.6. The van der Waals surface area contributed by atoms with Gasteiger partial charge in [-0.05, 0) is 45.0 Å². The number of nitrogens with two attached hydrogens (primary N) is 1. The molecule has 1 heterocycles. The summed E-state index contributed by atoms with van der Waals surface area (Å²) < 4.78 is 5.28. The minimum atomic E-state index is 0.0162. The van der Waals surface area contributed by atoms with Crippen molar-refractivity contribution in [1.82, 2.24) is 9.80 Å². The number of piperidine rings is 1. The van der Waals surface area contributed by atoms with Crippen LogP contribution in [0.1, 0.15) is 23.2 Å². The Morgan fingerprint density at radius 1 is 1.38 bits per heavy atom. The first-order valence-electron chi connectivity index (χ1n) is 7.39. The molecular weight excluding hydrogens is 266 g/mol. The van der Waals surface area contributed by atoms with E-state index < -0.39 is 0 Å². The molecule has 0 radical (unpaired) electrons. The van der Waals surface area contributed by atoms with Crippen molar-refractivity contribution < 1.29 is 9.53 Å². The standard InChI is InChI=1S/C16H25N3O2/c1-18(2)11-12-7-9-19(10-8-12)16(20)13-5-4-6-14(17)15(13)21-3/h4-6,12H,7-11,17H2,1-3H3. The highest BCUT2D eigenvalue weighted by Gasteiger charge is 2.26. The van der Waals surface area contributed by atoms with Crippen LogP contribution in [0.25, 0.3) is 0 Å². The smallest absolute Gasteiger partial charge is 0.257 e. The Labute approximate surface area is 126 Å². The molecule has 1 aromatic carbocycles. The summed E-state index contributed by atoms with van der Waals surface area (Å²) in [6.45, 7) is 2.69. The van der Waals surface area contributed by atoms with E-state index in [1.54, 1.807) is 25.3 Å². The van der Waals surface area contributed by atoms with Gasteiger partial charge in [-0.2, -0.15) is 0 Å². The van der Waals surface area contributed by atoms with Gasteiger partial charge in [0.25, 0.3) is 5.91 Å². The Bertz CT molecular complexity index is 494. The summed E-state index contributed by atoms with van der Waals surface area (Å²) in [6.07, 6.45) is 2.10. The third-order valence-corrected chi connectivity index (χ3v) is 4.01. The van der Waals surface area contributed by atoms with Gasteiger partial charge in [0, 0.05) is 19.6 Å². The first kappa shape index (κ1) is 15.6. The molecule has 5 nitrogen and oxygen atoms in total. The Hall–Kier alpha value is -1.75. The predicted octanol–water partition coefficient (Wildman–Crippen LogP) is 1.69. The second kappa shape index (κ2) is 6.80. The van der Waals surface area contributed by atoms with Crippen LogP contribution in [-0.4, -0.2) is 56.5 Å². The van der Waals surface area contributed by atoms with Crippen LogP contribution in [-0.2, 0) is 0 Å². The Kier molecular flexibility index (Phi) is 5.07. The molecule has 0 atom stereocenters. The number of nitrogen functional groups attached to an aromatic ring is 1. The second-order valence-corrected chi connectivity index (χ2v) is 5.93. The number of benzene rings is 1. The third kappa shape index (κ3) is 3.67. The normalized spacial score (nSPS) is 16.3. The molecule has 116 valence electrons.